The van der Waals surface area contributed by atoms with Crippen LogP contribution in [-0.4, -0.2) is 34.4 Å². The third-order valence-corrected chi connectivity index (χ3v) is 4.23. The van der Waals surface area contributed by atoms with E-state index in [1.54, 1.807) is 31.2 Å². The highest BCUT2D eigenvalue weighted by atomic mass is 32.2. The molecule has 0 aliphatic rings. The molecule has 0 saturated carbocycles. The topological polar surface area (TPSA) is 94.3 Å². The summed E-state index contributed by atoms with van der Waals surface area (Å²) in [7, 11) is 0. The van der Waals surface area contributed by atoms with Crippen LogP contribution in [0.3, 0.4) is 0 Å². The van der Waals surface area contributed by atoms with Crippen LogP contribution in [0.5, 0.6) is 0 Å². The number of esters is 1. The molecule has 27 heavy (non-hydrogen) atoms. The lowest BCUT2D eigenvalue weighted by molar-refractivity contribution is -0.113. The maximum absolute atomic E-state index is 12.1. The molecule has 0 unspecified atom stereocenters. The van der Waals surface area contributed by atoms with Gasteiger partial charge in [-0.25, -0.2) is 4.79 Å². The Morgan fingerprint density at radius 3 is 2.70 bits per heavy atom. The van der Waals surface area contributed by atoms with E-state index in [0.29, 0.717) is 29.0 Å². The maximum Gasteiger partial charge on any atom is 0.338 e. The molecule has 0 saturated heterocycles. The van der Waals surface area contributed by atoms with Gasteiger partial charge in [-0.15, -0.1) is 10.2 Å². The number of ether oxygens (including phenoxy) is 1. The Morgan fingerprint density at radius 2 is 1.93 bits per heavy atom. The van der Waals surface area contributed by atoms with Gasteiger partial charge in [0.1, 0.15) is 0 Å². The first-order valence-corrected chi connectivity index (χ1v) is 9.23. The van der Waals surface area contributed by atoms with Gasteiger partial charge < -0.3 is 14.5 Å². The van der Waals surface area contributed by atoms with Gasteiger partial charge >= 0.3 is 5.97 Å². The SMILES string of the molecule is CCOC(=O)c1cccc(NC(=O)CSc2nnc(-c3ccccc3)o2)c1. The molecule has 1 heterocycles. The highest BCUT2D eigenvalue weighted by Gasteiger charge is 2.12. The fraction of sp³-hybridized carbons (Fsp3) is 0.158. The van der Waals surface area contributed by atoms with E-state index >= 15 is 0 Å². The second kappa shape index (κ2) is 9.00. The summed E-state index contributed by atoms with van der Waals surface area (Å²) in [5.41, 5.74) is 1.71. The van der Waals surface area contributed by atoms with Crippen LogP contribution in [0.15, 0.2) is 64.2 Å². The molecule has 0 bridgehead atoms. The Hall–Kier alpha value is -3.13. The molecular weight excluding hydrogens is 366 g/mol. The number of rotatable bonds is 7. The monoisotopic (exact) mass is 383 g/mol. The number of benzene rings is 2. The number of carbonyl (C=O) groups excluding carboxylic acids is 2. The molecule has 0 radical (unpaired) electrons. The zero-order valence-electron chi connectivity index (χ0n) is 14.5. The van der Waals surface area contributed by atoms with Gasteiger partial charge in [0, 0.05) is 11.3 Å². The van der Waals surface area contributed by atoms with E-state index in [-0.39, 0.29) is 11.7 Å². The van der Waals surface area contributed by atoms with Gasteiger partial charge in [-0.1, -0.05) is 36.0 Å². The van der Waals surface area contributed by atoms with Crippen molar-refractivity contribution in [3.05, 3.63) is 60.2 Å². The van der Waals surface area contributed by atoms with Gasteiger partial charge in [0.2, 0.25) is 11.8 Å². The Labute approximate surface area is 160 Å². The number of hydrogen-bond acceptors (Lipinski definition) is 7. The van der Waals surface area contributed by atoms with Gasteiger partial charge in [-0.3, -0.25) is 4.79 Å². The average molecular weight is 383 g/mol. The fourth-order valence-corrected chi connectivity index (χ4v) is 2.79. The molecule has 138 valence electrons. The summed E-state index contributed by atoms with van der Waals surface area (Å²) in [6.07, 6.45) is 0. The smallest absolute Gasteiger partial charge is 0.338 e. The van der Waals surface area contributed by atoms with Gasteiger partial charge in [0.25, 0.3) is 5.22 Å². The van der Waals surface area contributed by atoms with Crippen molar-refractivity contribution in [2.45, 2.75) is 12.1 Å². The van der Waals surface area contributed by atoms with E-state index in [9.17, 15) is 9.59 Å². The quantitative estimate of drug-likeness (QED) is 0.491. The summed E-state index contributed by atoms with van der Waals surface area (Å²) in [6.45, 7) is 2.03. The highest BCUT2D eigenvalue weighted by molar-refractivity contribution is 7.99. The molecule has 8 heteroatoms. The Balaban J connectivity index is 1.55. The van der Waals surface area contributed by atoms with Gasteiger partial charge in [-0.2, -0.15) is 0 Å². The van der Waals surface area contributed by atoms with Crippen molar-refractivity contribution in [1.82, 2.24) is 10.2 Å². The lowest BCUT2D eigenvalue weighted by Gasteiger charge is -2.06. The van der Waals surface area contributed by atoms with Crippen molar-refractivity contribution in [1.29, 1.82) is 0 Å². The van der Waals surface area contributed by atoms with Gasteiger partial charge in [0.05, 0.1) is 17.9 Å². The molecule has 0 aliphatic heterocycles. The highest BCUT2D eigenvalue weighted by Crippen LogP contribution is 2.23. The van der Waals surface area contributed by atoms with Crippen LogP contribution in [0.1, 0.15) is 17.3 Å². The Bertz CT molecular complexity index is 927. The fourth-order valence-electron chi connectivity index (χ4n) is 2.23. The van der Waals surface area contributed by atoms with Crippen LogP contribution in [0.2, 0.25) is 0 Å². The molecule has 1 N–H and O–H groups in total. The molecule has 2 aromatic carbocycles. The number of amides is 1. The number of thioether (sulfide) groups is 1. The minimum atomic E-state index is -0.428. The second-order valence-corrected chi connectivity index (χ2v) is 6.30. The largest absolute Gasteiger partial charge is 0.462 e. The summed E-state index contributed by atoms with van der Waals surface area (Å²) in [6, 6.07) is 16.0. The lowest BCUT2D eigenvalue weighted by atomic mass is 10.2. The van der Waals surface area contributed by atoms with Gasteiger partial charge in [0.15, 0.2) is 0 Å². The molecule has 1 amide bonds. The van der Waals surface area contributed by atoms with Crippen molar-refractivity contribution in [2.75, 3.05) is 17.7 Å². The summed E-state index contributed by atoms with van der Waals surface area (Å²) in [4.78, 5) is 23.9. The van der Waals surface area contributed by atoms with E-state index in [1.807, 2.05) is 30.3 Å². The molecule has 3 aromatic rings. The van der Waals surface area contributed by atoms with Crippen molar-refractivity contribution in [3.8, 4) is 11.5 Å². The van der Waals surface area contributed by atoms with Crippen molar-refractivity contribution < 1.29 is 18.7 Å². The van der Waals surface area contributed by atoms with Crippen LogP contribution in [0.25, 0.3) is 11.5 Å². The van der Waals surface area contributed by atoms with Crippen LogP contribution in [0, 0.1) is 0 Å². The zero-order valence-corrected chi connectivity index (χ0v) is 15.4. The number of aromatic nitrogens is 2. The van der Waals surface area contributed by atoms with Crippen molar-refractivity contribution in [2.24, 2.45) is 0 Å². The van der Waals surface area contributed by atoms with E-state index in [4.69, 9.17) is 9.15 Å². The average Bonchev–Trinajstić information content (AvgIpc) is 3.17. The van der Waals surface area contributed by atoms with Crippen LogP contribution >= 0.6 is 11.8 Å². The van der Waals surface area contributed by atoms with E-state index in [0.717, 1.165) is 17.3 Å². The Morgan fingerprint density at radius 1 is 1.11 bits per heavy atom. The summed E-state index contributed by atoms with van der Waals surface area (Å²) in [5, 5.41) is 11.0. The number of hydrogen-bond donors (Lipinski definition) is 1. The van der Waals surface area contributed by atoms with Crippen molar-refractivity contribution >= 4 is 29.3 Å². The van der Waals surface area contributed by atoms with Crippen LogP contribution < -0.4 is 5.32 Å². The van der Waals surface area contributed by atoms with Crippen LogP contribution in [0.4, 0.5) is 5.69 Å². The number of carbonyl (C=O) groups is 2. The van der Waals surface area contributed by atoms with Gasteiger partial charge in [-0.05, 0) is 37.3 Å². The summed E-state index contributed by atoms with van der Waals surface area (Å²) in [5.74, 6) is -0.177. The first-order valence-electron chi connectivity index (χ1n) is 8.24. The normalized spacial score (nSPS) is 10.4. The van der Waals surface area contributed by atoms with Crippen molar-refractivity contribution in [3.63, 3.8) is 0 Å². The zero-order chi connectivity index (χ0) is 19.1. The molecule has 7 nitrogen and oxygen atoms in total. The molecule has 0 fully saturated rings. The molecule has 0 atom stereocenters. The molecule has 0 aliphatic carbocycles. The maximum atomic E-state index is 12.1. The summed E-state index contributed by atoms with van der Waals surface area (Å²) < 4.78 is 10.5. The standard InChI is InChI=1S/C19H17N3O4S/c1-2-25-18(24)14-9-6-10-15(11-14)20-16(23)12-27-19-22-21-17(26-19)13-7-4-3-5-8-13/h3-11H,2,12H2,1H3,(H,20,23). The molecular formula is C19H17N3O4S. The first kappa shape index (κ1) is 18.7. The van der Waals surface area contributed by atoms with E-state index < -0.39 is 5.97 Å². The predicted molar refractivity (Wildman–Crippen MR) is 101 cm³/mol. The number of anilines is 1. The Kier molecular flexibility index (Phi) is 6.22. The summed E-state index contributed by atoms with van der Waals surface area (Å²) >= 11 is 1.14. The third kappa shape index (κ3) is 5.18. The molecule has 0 spiro atoms. The second-order valence-electron chi connectivity index (χ2n) is 5.38. The van der Waals surface area contributed by atoms with E-state index in [1.165, 1.54) is 0 Å². The number of nitrogens with one attached hydrogen (secondary N) is 1. The minimum absolute atomic E-state index is 0.0973. The minimum Gasteiger partial charge on any atom is -0.462 e. The predicted octanol–water partition coefficient (Wildman–Crippen LogP) is 3.64. The first-order chi connectivity index (χ1) is 13.2. The number of nitrogens with zero attached hydrogens (tertiary/aromatic N) is 2. The van der Waals surface area contributed by atoms with Crippen LogP contribution in [-0.2, 0) is 9.53 Å². The lowest BCUT2D eigenvalue weighted by Crippen LogP contribution is -2.14. The molecule has 1 aromatic heterocycles. The third-order valence-electron chi connectivity index (χ3n) is 3.41. The molecule has 3 rings (SSSR count). The van der Waals surface area contributed by atoms with E-state index in [2.05, 4.69) is 15.5 Å².